The number of amides is 1. The van der Waals surface area contributed by atoms with E-state index in [-0.39, 0.29) is 29.6 Å². The maximum atomic E-state index is 12.6. The van der Waals surface area contributed by atoms with Crippen molar-refractivity contribution >= 4 is 22.9 Å². The normalized spacial score (nSPS) is 20.8. The molecule has 3 atom stereocenters. The Kier molecular flexibility index (Phi) is 8.25. The Morgan fingerprint density at radius 3 is 2.32 bits per heavy atom. The highest BCUT2D eigenvalue weighted by atomic mass is 19.4. The highest BCUT2D eigenvalue weighted by molar-refractivity contribution is 5.83. The summed E-state index contributed by atoms with van der Waals surface area (Å²) in [5.74, 6) is -2.09. The molecule has 3 N–H and O–H groups in total. The number of aliphatic carboxylic acids is 1. The molecule has 0 radical (unpaired) electrons. The number of aromatic nitrogens is 2. The van der Waals surface area contributed by atoms with E-state index in [1.54, 1.807) is 0 Å². The molecule has 1 aromatic heterocycles. The first-order chi connectivity index (χ1) is 18.0. The largest absolute Gasteiger partial charge is 0.490 e. The molecule has 1 aliphatic carbocycles. The van der Waals surface area contributed by atoms with Crippen LogP contribution >= 0.6 is 0 Å². The van der Waals surface area contributed by atoms with Crippen LogP contribution in [0.2, 0.25) is 0 Å². The third-order valence-corrected chi connectivity index (χ3v) is 7.06. The molecule has 2 heterocycles. The molecular formula is C27H31F3N4O4. The van der Waals surface area contributed by atoms with Gasteiger partial charge in [0.05, 0.1) is 11.0 Å². The predicted octanol–water partition coefficient (Wildman–Crippen LogP) is 3.91. The average Bonchev–Trinajstić information content (AvgIpc) is 3.61. The molecule has 0 spiro atoms. The Morgan fingerprint density at radius 1 is 1.08 bits per heavy atom. The van der Waals surface area contributed by atoms with E-state index in [1.165, 1.54) is 5.56 Å². The molecule has 1 saturated carbocycles. The lowest BCUT2D eigenvalue weighted by Gasteiger charge is -2.34. The Hall–Kier alpha value is -3.60. The average molecular weight is 533 g/mol. The van der Waals surface area contributed by atoms with E-state index in [0.29, 0.717) is 5.92 Å². The van der Waals surface area contributed by atoms with Crippen LogP contribution in [-0.4, -0.2) is 63.3 Å². The molecular weight excluding hydrogens is 501 g/mol. The standard InChI is InChI=1S/C25H30N4O2.C2HF3O2/c1-17(26-24(30)21-15-20(21)18-7-3-2-4-8-18)16-28-13-11-19(12-14-28)29-23-10-6-5-9-22(23)27-25(29)31;3-2(4,5)1(6)7/h2-10,17,19-21H,11-16H2,1H3,(H,26,30)(H,27,31);(H,6,7)/t17-,20-,21?;/m0./s1. The second-order valence-corrected chi connectivity index (χ2v) is 9.92. The van der Waals surface area contributed by atoms with Crippen LogP contribution in [0.3, 0.4) is 0 Å². The van der Waals surface area contributed by atoms with E-state index < -0.39 is 12.1 Å². The Bertz CT molecular complexity index is 1310. The van der Waals surface area contributed by atoms with Crippen LogP contribution in [0.15, 0.2) is 59.4 Å². The van der Waals surface area contributed by atoms with Crippen LogP contribution in [0.1, 0.15) is 43.7 Å². The molecule has 3 aromatic rings. The van der Waals surface area contributed by atoms with Crippen LogP contribution in [0, 0.1) is 5.92 Å². The number of fused-ring (bicyclic) bond motifs is 1. The molecule has 5 rings (SSSR count). The molecule has 38 heavy (non-hydrogen) atoms. The highest BCUT2D eigenvalue weighted by Crippen LogP contribution is 2.47. The lowest BCUT2D eigenvalue weighted by Crippen LogP contribution is -2.45. The topological polar surface area (TPSA) is 107 Å². The smallest absolute Gasteiger partial charge is 0.475 e. The first kappa shape index (κ1) is 27.4. The van der Waals surface area contributed by atoms with Crippen LogP contribution < -0.4 is 11.0 Å². The third-order valence-electron chi connectivity index (χ3n) is 7.06. The third kappa shape index (κ3) is 6.63. The zero-order valence-corrected chi connectivity index (χ0v) is 20.9. The summed E-state index contributed by atoms with van der Waals surface area (Å²) >= 11 is 0. The molecule has 1 saturated heterocycles. The molecule has 1 amide bonds. The van der Waals surface area contributed by atoms with Crippen molar-refractivity contribution in [3.8, 4) is 0 Å². The van der Waals surface area contributed by atoms with Crippen LogP contribution in [0.5, 0.6) is 0 Å². The van der Waals surface area contributed by atoms with Gasteiger partial charge in [0.1, 0.15) is 0 Å². The van der Waals surface area contributed by atoms with Gasteiger partial charge in [-0.1, -0.05) is 42.5 Å². The first-order valence-electron chi connectivity index (χ1n) is 12.6. The van der Waals surface area contributed by atoms with Gasteiger partial charge in [-0.05, 0) is 49.8 Å². The van der Waals surface area contributed by atoms with Crippen LogP contribution in [0.4, 0.5) is 13.2 Å². The second kappa shape index (κ2) is 11.4. The number of rotatable bonds is 6. The lowest BCUT2D eigenvalue weighted by atomic mass is 10.0. The zero-order chi connectivity index (χ0) is 27.4. The summed E-state index contributed by atoms with van der Waals surface area (Å²) < 4.78 is 33.7. The van der Waals surface area contributed by atoms with Gasteiger partial charge in [0.25, 0.3) is 0 Å². The number of carbonyl (C=O) groups excluding carboxylic acids is 1. The van der Waals surface area contributed by atoms with Crippen molar-refractivity contribution in [2.75, 3.05) is 19.6 Å². The second-order valence-electron chi connectivity index (χ2n) is 9.92. The molecule has 0 bridgehead atoms. The zero-order valence-electron chi connectivity index (χ0n) is 20.9. The summed E-state index contributed by atoms with van der Waals surface area (Å²) in [6.07, 6.45) is -2.24. The van der Waals surface area contributed by atoms with Gasteiger partial charge in [0.15, 0.2) is 0 Å². The number of likely N-dealkylation sites (tertiary alicyclic amines) is 1. The quantitative estimate of drug-likeness (QED) is 0.446. The molecule has 8 nitrogen and oxygen atoms in total. The number of nitrogens with zero attached hydrogens (tertiary/aromatic N) is 2. The minimum Gasteiger partial charge on any atom is -0.475 e. The summed E-state index contributed by atoms with van der Waals surface area (Å²) in [5.41, 5.74) is 3.15. The van der Waals surface area contributed by atoms with Crippen molar-refractivity contribution in [2.24, 2.45) is 5.92 Å². The van der Waals surface area contributed by atoms with E-state index >= 15 is 0 Å². The van der Waals surface area contributed by atoms with E-state index in [9.17, 15) is 22.8 Å². The van der Waals surface area contributed by atoms with E-state index in [1.807, 2.05) is 47.0 Å². The van der Waals surface area contributed by atoms with Crippen molar-refractivity contribution in [1.29, 1.82) is 0 Å². The fourth-order valence-electron chi connectivity index (χ4n) is 5.13. The summed E-state index contributed by atoms with van der Waals surface area (Å²) in [6, 6.07) is 18.6. The fourth-order valence-corrected chi connectivity index (χ4v) is 5.13. The van der Waals surface area contributed by atoms with Gasteiger partial charge >= 0.3 is 17.8 Å². The minimum absolute atomic E-state index is 0.0160. The maximum absolute atomic E-state index is 12.6. The van der Waals surface area contributed by atoms with Gasteiger partial charge in [0.2, 0.25) is 5.91 Å². The number of piperidine rings is 1. The summed E-state index contributed by atoms with van der Waals surface area (Å²) in [6.45, 7) is 4.82. The van der Waals surface area contributed by atoms with Gasteiger partial charge in [-0.3, -0.25) is 9.36 Å². The number of hydrogen-bond acceptors (Lipinski definition) is 4. The first-order valence-corrected chi connectivity index (χ1v) is 12.6. The van der Waals surface area contributed by atoms with Gasteiger partial charge in [-0.2, -0.15) is 13.2 Å². The Morgan fingerprint density at radius 2 is 1.68 bits per heavy atom. The number of carbonyl (C=O) groups is 2. The fraction of sp³-hybridized carbons (Fsp3) is 0.444. The molecule has 11 heteroatoms. The molecule has 1 unspecified atom stereocenters. The SMILES string of the molecule is C[C@@H](CN1CCC(n2c(=O)[nH]c3ccccc32)CC1)NC(=O)C1C[C@H]1c1ccccc1.O=C(O)C(F)(F)F. The molecule has 2 aromatic carbocycles. The minimum atomic E-state index is -5.08. The van der Waals surface area contributed by atoms with E-state index in [4.69, 9.17) is 9.90 Å². The number of imidazole rings is 1. The number of nitrogens with one attached hydrogen (secondary N) is 2. The lowest BCUT2D eigenvalue weighted by molar-refractivity contribution is -0.192. The number of para-hydroxylation sites is 2. The van der Waals surface area contributed by atoms with Crippen molar-refractivity contribution in [2.45, 2.75) is 50.4 Å². The summed E-state index contributed by atoms with van der Waals surface area (Å²) in [7, 11) is 0. The van der Waals surface area contributed by atoms with Gasteiger partial charge in [0, 0.05) is 37.6 Å². The predicted molar refractivity (Wildman–Crippen MR) is 136 cm³/mol. The molecule has 2 fully saturated rings. The number of aromatic amines is 1. The number of benzene rings is 2. The number of halogens is 3. The van der Waals surface area contributed by atoms with Crippen molar-refractivity contribution in [3.63, 3.8) is 0 Å². The highest BCUT2D eigenvalue weighted by Gasteiger charge is 2.44. The number of carboxylic acid groups (broad SMARTS) is 1. The molecule has 204 valence electrons. The van der Waals surface area contributed by atoms with Crippen molar-refractivity contribution in [1.82, 2.24) is 19.8 Å². The van der Waals surface area contributed by atoms with Crippen LogP contribution in [-0.2, 0) is 9.59 Å². The Balaban J connectivity index is 0.000000426. The number of carboxylic acids is 1. The summed E-state index contributed by atoms with van der Waals surface area (Å²) in [5, 5.41) is 10.3. The van der Waals surface area contributed by atoms with Crippen molar-refractivity contribution < 1.29 is 27.9 Å². The molecule has 2 aliphatic rings. The van der Waals surface area contributed by atoms with Crippen LogP contribution in [0.25, 0.3) is 11.0 Å². The van der Waals surface area contributed by atoms with E-state index in [0.717, 1.165) is 49.9 Å². The van der Waals surface area contributed by atoms with E-state index in [2.05, 4.69) is 34.3 Å². The number of H-pyrrole nitrogens is 1. The summed E-state index contributed by atoms with van der Waals surface area (Å²) in [4.78, 5) is 39.4. The number of alkyl halides is 3. The maximum Gasteiger partial charge on any atom is 0.490 e. The van der Waals surface area contributed by atoms with Gasteiger partial charge < -0.3 is 20.3 Å². The Labute approximate surface area is 217 Å². The van der Waals surface area contributed by atoms with Gasteiger partial charge in [-0.25, -0.2) is 9.59 Å². The van der Waals surface area contributed by atoms with Gasteiger partial charge in [-0.15, -0.1) is 0 Å². The monoisotopic (exact) mass is 532 g/mol. The number of hydrogen-bond donors (Lipinski definition) is 3. The van der Waals surface area contributed by atoms with Crippen molar-refractivity contribution in [3.05, 3.63) is 70.6 Å². The molecule has 1 aliphatic heterocycles.